The van der Waals surface area contributed by atoms with Crippen molar-refractivity contribution in [1.82, 2.24) is 14.9 Å². The number of aryl methyl sites for hydroxylation is 1. The summed E-state index contributed by atoms with van der Waals surface area (Å²) in [5.41, 5.74) is 0. The molecule has 1 saturated carbocycles. The Morgan fingerprint density at radius 2 is 2.38 bits per heavy atom. The van der Waals surface area contributed by atoms with Crippen LogP contribution < -0.4 is 5.32 Å². The normalized spacial score (nSPS) is 19.7. The third kappa shape index (κ3) is 2.62. The molecule has 1 aliphatic rings. The Bertz CT molecular complexity index is 333. The van der Waals surface area contributed by atoms with Gasteiger partial charge in [-0.1, -0.05) is 0 Å². The summed E-state index contributed by atoms with van der Waals surface area (Å²) in [5, 5.41) is 3.61. The molecule has 0 aromatic carbocycles. The van der Waals surface area contributed by atoms with E-state index in [1.807, 2.05) is 19.4 Å². The Morgan fingerprint density at radius 3 is 2.88 bits per heavy atom. The van der Waals surface area contributed by atoms with Crippen LogP contribution in [0.2, 0.25) is 0 Å². The summed E-state index contributed by atoms with van der Waals surface area (Å²) in [6, 6.07) is 0.748. The smallest absolute Gasteiger partial charge is 0.125 e. The maximum absolute atomic E-state index is 5.26. The number of nitrogens with zero attached hydrogens (tertiary/aromatic N) is 2. The maximum Gasteiger partial charge on any atom is 0.125 e. The van der Waals surface area contributed by atoms with Crippen LogP contribution in [0.4, 0.5) is 0 Å². The van der Waals surface area contributed by atoms with Crippen molar-refractivity contribution in [2.45, 2.75) is 31.8 Å². The van der Waals surface area contributed by atoms with Gasteiger partial charge >= 0.3 is 0 Å². The molecule has 1 aromatic rings. The van der Waals surface area contributed by atoms with Crippen molar-refractivity contribution in [3.05, 3.63) is 18.2 Å². The highest BCUT2D eigenvalue weighted by Crippen LogP contribution is 2.33. The molecule has 4 nitrogen and oxygen atoms in total. The highest BCUT2D eigenvalue weighted by atomic mass is 16.5. The molecular weight excluding hydrogens is 202 g/mol. The standard InChI is InChI=1S/C12H21N3O/c1-9(12-13-6-7-15(12)2)14-11(8-16-3)10-4-5-10/h6-7,9-11,14H,4-5,8H2,1-3H3. The first kappa shape index (κ1) is 11.6. The molecule has 0 saturated heterocycles. The molecule has 0 amide bonds. The van der Waals surface area contributed by atoms with Gasteiger partial charge in [0.15, 0.2) is 0 Å². The number of hydrogen-bond donors (Lipinski definition) is 1. The zero-order chi connectivity index (χ0) is 11.5. The minimum absolute atomic E-state index is 0.278. The molecule has 1 aliphatic carbocycles. The minimum Gasteiger partial charge on any atom is -0.383 e. The van der Waals surface area contributed by atoms with Crippen molar-refractivity contribution in [1.29, 1.82) is 0 Å². The van der Waals surface area contributed by atoms with Crippen molar-refractivity contribution >= 4 is 0 Å². The molecule has 1 N–H and O–H groups in total. The maximum atomic E-state index is 5.26. The largest absolute Gasteiger partial charge is 0.383 e. The molecule has 0 aliphatic heterocycles. The highest BCUT2D eigenvalue weighted by Gasteiger charge is 2.32. The van der Waals surface area contributed by atoms with E-state index in [2.05, 4.69) is 21.8 Å². The van der Waals surface area contributed by atoms with E-state index >= 15 is 0 Å². The van der Waals surface area contributed by atoms with E-state index in [1.54, 1.807) is 7.11 Å². The molecule has 16 heavy (non-hydrogen) atoms. The van der Waals surface area contributed by atoms with Gasteiger partial charge in [-0.3, -0.25) is 0 Å². The molecule has 2 rings (SSSR count). The van der Waals surface area contributed by atoms with E-state index < -0.39 is 0 Å². The van der Waals surface area contributed by atoms with Gasteiger partial charge < -0.3 is 14.6 Å². The van der Waals surface area contributed by atoms with Crippen molar-refractivity contribution in [3.63, 3.8) is 0 Å². The fraction of sp³-hybridized carbons (Fsp3) is 0.750. The third-order valence-electron chi connectivity index (χ3n) is 3.25. The number of aromatic nitrogens is 2. The Labute approximate surface area is 97.0 Å². The number of rotatable bonds is 6. The molecular formula is C12H21N3O. The fourth-order valence-corrected chi connectivity index (χ4v) is 2.19. The number of imidazole rings is 1. The second-order valence-corrected chi connectivity index (χ2v) is 4.68. The summed E-state index contributed by atoms with van der Waals surface area (Å²) in [4.78, 5) is 4.37. The highest BCUT2D eigenvalue weighted by molar-refractivity contribution is 4.99. The topological polar surface area (TPSA) is 39.1 Å². The van der Waals surface area contributed by atoms with E-state index in [4.69, 9.17) is 4.74 Å². The van der Waals surface area contributed by atoms with Crippen LogP contribution in [0.3, 0.4) is 0 Å². The van der Waals surface area contributed by atoms with Crippen molar-refractivity contribution < 1.29 is 4.74 Å². The average molecular weight is 223 g/mol. The lowest BCUT2D eigenvalue weighted by Crippen LogP contribution is -2.37. The summed E-state index contributed by atoms with van der Waals surface area (Å²) >= 11 is 0. The summed E-state index contributed by atoms with van der Waals surface area (Å²) < 4.78 is 7.33. The van der Waals surface area contributed by atoms with Crippen LogP contribution in [-0.2, 0) is 11.8 Å². The summed E-state index contributed by atoms with van der Waals surface area (Å²) in [6.07, 6.45) is 6.48. The van der Waals surface area contributed by atoms with E-state index in [9.17, 15) is 0 Å². The lowest BCUT2D eigenvalue weighted by atomic mass is 10.1. The monoisotopic (exact) mass is 223 g/mol. The van der Waals surface area contributed by atoms with E-state index in [1.165, 1.54) is 12.8 Å². The molecule has 1 aromatic heterocycles. The zero-order valence-electron chi connectivity index (χ0n) is 10.3. The number of hydrogen-bond acceptors (Lipinski definition) is 3. The first-order valence-electron chi connectivity index (χ1n) is 5.94. The van der Waals surface area contributed by atoms with Crippen molar-refractivity contribution in [2.75, 3.05) is 13.7 Å². The fourth-order valence-electron chi connectivity index (χ4n) is 2.19. The van der Waals surface area contributed by atoms with Crippen molar-refractivity contribution in [3.8, 4) is 0 Å². The molecule has 1 fully saturated rings. The second-order valence-electron chi connectivity index (χ2n) is 4.68. The summed E-state index contributed by atoms with van der Waals surface area (Å²) in [7, 11) is 3.80. The number of ether oxygens (including phenoxy) is 1. The number of methoxy groups -OCH3 is 1. The first-order valence-corrected chi connectivity index (χ1v) is 5.94. The van der Waals surface area contributed by atoms with Crippen LogP contribution in [0, 0.1) is 5.92 Å². The van der Waals surface area contributed by atoms with E-state index in [0.717, 1.165) is 18.3 Å². The van der Waals surface area contributed by atoms with Gasteiger partial charge in [0, 0.05) is 32.6 Å². The molecule has 90 valence electrons. The second kappa shape index (κ2) is 4.97. The van der Waals surface area contributed by atoms with Crippen LogP contribution in [0.5, 0.6) is 0 Å². The summed E-state index contributed by atoms with van der Waals surface area (Å²) in [6.45, 7) is 2.95. The Kier molecular flexibility index (Phi) is 3.61. The molecule has 1 heterocycles. The van der Waals surface area contributed by atoms with Crippen LogP contribution in [0.25, 0.3) is 0 Å². The molecule has 2 atom stereocenters. The average Bonchev–Trinajstić information content (AvgIpc) is 3.00. The Balaban J connectivity index is 1.94. The van der Waals surface area contributed by atoms with Gasteiger partial charge in [-0.2, -0.15) is 0 Å². The van der Waals surface area contributed by atoms with Crippen LogP contribution in [0.1, 0.15) is 31.6 Å². The lowest BCUT2D eigenvalue weighted by molar-refractivity contribution is 0.151. The van der Waals surface area contributed by atoms with E-state index in [-0.39, 0.29) is 6.04 Å². The van der Waals surface area contributed by atoms with Gasteiger partial charge in [-0.15, -0.1) is 0 Å². The van der Waals surface area contributed by atoms with Gasteiger partial charge in [-0.05, 0) is 25.7 Å². The van der Waals surface area contributed by atoms with Gasteiger partial charge in [0.05, 0.1) is 12.6 Å². The Hall–Kier alpha value is -0.870. The molecule has 4 heteroatoms. The zero-order valence-corrected chi connectivity index (χ0v) is 10.3. The quantitative estimate of drug-likeness (QED) is 0.794. The predicted molar refractivity (Wildman–Crippen MR) is 63.1 cm³/mol. The third-order valence-corrected chi connectivity index (χ3v) is 3.25. The van der Waals surface area contributed by atoms with Crippen molar-refractivity contribution in [2.24, 2.45) is 13.0 Å². The molecule has 0 spiro atoms. The molecule has 0 bridgehead atoms. The first-order chi connectivity index (χ1) is 7.72. The van der Waals surface area contributed by atoms with Crippen LogP contribution in [0.15, 0.2) is 12.4 Å². The Morgan fingerprint density at radius 1 is 1.62 bits per heavy atom. The minimum atomic E-state index is 0.278. The predicted octanol–water partition coefficient (Wildman–Crippen LogP) is 1.50. The molecule has 2 unspecified atom stereocenters. The van der Waals surface area contributed by atoms with Gasteiger partial charge in [0.25, 0.3) is 0 Å². The SMILES string of the molecule is COCC(NC(C)c1nccn1C)C1CC1. The number of nitrogens with one attached hydrogen (secondary N) is 1. The molecule has 0 radical (unpaired) electrons. The van der Waals surface area contributed by atoms with Crippen LogP contribution >= 0.6 is 0 Å². The van der Waals surface area contributed by atoms with Gasteiger partial charge in [0.2, 0.25) is 0 Å². The summed E-state index contributed by atoms with van der Waals surface area (Å²) in [5.74, 6) is 1.88. The van der Waals surface area contributed by atoms with Gasteiger partial charge in [0.1, 0.15) is 5.82 Å². The van der Waals surface area contributed by atoms with Crippen LogP contribution in [-0.4, -0.2) is 29.3 Å². The van der Waals surface area contributed by atoms with E-state index in [0.29, 0.717) is 6.04 Å². The lowest BCUT2D eigenvalue weighted by Gasteiger charge is -2.22. The van der Waals surface area contributed by atoms with Gasteiger partial charge in [-0.25, -0.2) is 4.98 Å².